The van der Waals surface area contributed by atoms with Crippen LogP contribution in [-0.2, 0) is 10.8 Å². The third kappa shape index (κ3) is 4.79. The van der Waals surface area contributed by atoms with Crippen molar-refractivity contribution < 1.29 is 0 Å². The van der Waals surface area contributed by atoms with Gasteiger partial charge in [-0.2, -0.15) is 0 Å². The van der Waals surface area contributed by atoms with Gasteiger partial charge in [-0.1, -0.05) is 155 Å². The number of nitrogens with zero attached hydrogens (tertiary/aromatic N) is 1. The van der Waals surface area contributed by atoms with Crippen molar-refractivity contribution in [3.8, 4) is 22.3 Å². The Kier molecular flexibility index (Phi) is 7.31. The molecule has 0 fully saturated rings. The molecule has 270 valence electrons. The van der Waals surface area contributed by atoms with Gasteiger partial charge in [0.1, 0.15) is 0 Å². The average molecular weight is 738 g/mol. The molecule has 3 aliphatic carbocycles. The molecule has 11 rings (SSSR count). The zero-order valence-corrected chi connectivity index (χ0v) is 33.1. The fraction of sp³-hybridized carbons (Fsp3) is 0.148. The molecule has 1 unspecified atom stereocenters. The van der Waals surface area contributed by atoms with Crippen LogP contribution >= 0.6 is 11.3 Å². The van der Waals surface area contributed by atoms with Crippen molar-refractivity contribution in [1.29, 1.82) is 0 Å². The quantitative estimate of drug-likeness (QED) is 0.170. The molecule has 8 aromatic rings. The predicted octanol–water partition coefficient (Wildman–Crippen LogP) is 15.3. The van der Waals surface area contributed by atoms with Gasteiger partial charge in [0.25, 0.3) is 0 Å². The molecule has 0 N–H and O–H groups in total. The van der Waals surface area contributed by atoms with Gasteiger partial charge in [0, 0.05) is 53.9 Å². The number of thiophene rings is 1. The van der Waals surface area contributed by atoms with E-state index in [0.717, 1.165) is 6.42 Å². The summed E-state index contributed by atoms with van der Waals surface area (Å²) in [7, 11) is 0. The molecule has 0 amide bonds. The monoisotopic (exact) mass is 737 g/mol. The second-order valence-electron chi connectivity index (χ2n) is 16.8. The lowest BCUT2D eigenvalue weighted by atomic mass is 9.76. The first kappa shape index (κ1) is 33.4. The summed E-state index contributed by atoms with van der Waals surface area (Å²) in [6.45, 7) is 9.53. The minimum Gasteiger partial charge on any atom is -0.310 e. The Morgan fingerprint density at radius 1 is 0.518 bits per heavy atom. The predicted molar refractivity (Wildman–Crippen MR) is 240 cm³/mol. The van der Waals surface area contributed by atoms with E-state index in [1.54, 1.807) is 0 Å². The lowest BCUT2D eigenvalue weighted by Crippen LogP contribution is -2.18. The van der Waals surface area contributed by atoms with Gasteiger partial charge in [-0.25, -0.2) is 0 Å². The summed E-state index contributed by atoms with van der Waals surface area (Å²) in [6.07, 6.45) is 5.79. The number of rotatable bonds is 5. The summed E-state index contributed by atoms with van der Waals surface area (Å²) >= 11 is 1.88. The van der Waals surface area contributed by atoms with E-state index < -0.39 is 0 Å². The summed E-state index contributed by atoms with van der Waals surface area (Å²) in [6, 6.07) is 59.4. The molecule has 0 saturated carbocycles. The smallest absolute Gasteiger partial charge is 0.0540 e. The van der Waals surface area contributed by atoms with E-state index in [4.69, 9.17) is 0 Å². The molecule has 2 heteroatoms. The van der Waals surface area contributed by atoms with E-state index in [0.29, 0.717) is 0 Å². The van der Waals surface area contributed by atoms with Gasteiger partial charge in [0.2, 0.25) is 0 Å². The van der Waals surface area contributed by atoms with Gasteiger partial charge >= 0.3 is 0 Å². The Hall–Kier alpha value is -5.96. The van der Waals surface area contributed by atoms with Crippen LogP contribution in [0.2, 0.25) is 0 Å². The molecule has 3 aliphatic rings. The average Bonchev–Trinajstić information content (AvgIpc) is 3.81. The first-order chi connectivity index (χ1) is 27.3. The molecule has 7 aromatic carbocycles. The summed E-state index contributed by atoms with van der Waals surface area (Å²) < 4.78 is 2.65. The van der Waals surface area contributed by atoms with Gasteiger partial charge in [-0.3, -0.25) is 0 Å². The first-order valence-corrected chi connectivity index (χ1v) is 20.8. The van der Waals surface area contributed by atoms with Crippen molar-refractivity contribution in [2.24, 2.45) is 0 Å². The van der Waals surface area contributed by atoms with E-state index in [1.165, 1.54) is 98.5 Å². The maximum Gasteiger partial charge on any atom is 0.0540 e. The third-order valence-corrected chi connectivity index (χ3v) is 14.2. The molecule has 0 spiro atoms. The molecule has 1 nitrogen and oxygen atoms in total. The highest BCUT2D eigenvalue weighted by molar-refractivity contribution is 7.25. The molecule has 0 aliphatic heterocycles. The molecule has 0 saturated heterocycles. The summed E-state index contributed by atoms with van der Waals surface area (Å²) in [5.74, 6) is 0.214. The first-order valence-electron chi connectivity index (χ1n) is 20.0. The highest BCUT2D eigenvalue weighted by Crippen LogP contribution is 2.57. The maximum atomic E-state index is 2.57. The standard InChI is InChI=1S/C54H43NS/c1-53(2)44-22-10-5-17-37(44)42-33-35(29-30-46(42)53)55(48-25-12-7-16-36(48)34-28-31-51-43(32-34)39-19-9-14-27-50(39)56-51)49-26-13-8-18-38(49)40-21-15-24-47-52(40)41-20-6-11-23-45(41)54(47,3)4/h5-20,22-33,40H,21H2,1-4H3. The fourth-order valence-corrected chi connectivity index (χ4v) is 11.4. The van der Waals surface area contributed by atoms with Crippen LogP contribution in [0.1, 0.15) is 67.9 Å². The molecular formula is C54H43NS. The maximum absolute atomic E-state index is 2.57. The van der Waals surface area contributed by atoms with Crippen LogP contribution in [0.3, 0.4) is 0 Å². The number of para-hydroxylation sites is 2. The van der Waals surface area contributed by atoms with Crippen LogP contribution in [-0.4, -0.2) is 0 Å². The number of fused-ring (bicyclic) bond motifs is 8. The minimum atomic E-state index is -0.0657. The largest absolute Gasteiger partial charge is 0.310 e. The van der Waals surface area contributed by atoms with Crippen molar-refractivity contribution in [2.75, 3.05) is 4.90 Å². The summed E-state index contributed by atoms with van der Waals surface area (Å²) in [5, 5.41) is 2.64. The number of anilines is 3. The second-order valence-corrected chi connectivity index (χ2v) is 17.9. The SMILES string of the molecule is CC1(C)C2=C(c3ccccc31)C(c1ccccc1N(c1ccc3c(c1)-c1ccccc1C3(C)C)c1ccccc1-c1ccc3sc4ccccc4c3c1)CC=C2. The Bertz CT molecular complexity index is 2970. The third-order valence-electron chi connectivity index (χ3n) is 13.1. The Morgan fingerprint density at radius 2 is 1.16 bits per heavy atom. The van der Waals surface area contributed by atoms with Gasteiger partial charge in [-0.15, -0.1) is 11.3 Å². The van der Waals surface area contributed by atoms with E-state index in [1.807, 2.05) is 11.3 Å². The van der Waals surface area contributed by atoms with Crippen molar-refractivity contribution in [3.63, 3.8) is 0 Å². The number of benzene rings is 7. The highest BCUT2D eigenvalue weighted by Gasteiger charge is 2.41. The van der Waals surface area contributed by atoms with Gasteiger partial charge in [0.05, 0.1) is 5.69 Å². The Morgan fingerprint density at radius 3 is 2.00 bits per heavy atom. The van der Waals surface area contributed by atoms with Crippen LogP contribution in [0.25, 0.3) is 48.0 Å². The van der Waals surface area contributed by atoms with Crippen molar-refractivity contribution in [3.05, 3.63) is 203 Å². The highest BCUT2D eigenvalue weighted by atomic mass is 32.1. The van der Waals surface area contributed by atoms with Crippen LogP contribution in [0.15, 0.2) is 175 Å². The van der Waals surface area contributed by atoms with E-state index in [2.05, 4.69) is 202 Å². The zero-order chi connectivity index (χ0) is 37.8. The molecule has 0 radical (unpaired) electrons. The Labute approximate surface area is 333 Å². The zero-order valence-electron chi connectivity index (χ0n) is 32.3. The normalized spacial score (nSPS) is 17.2. The second kappa shape index (κ2) is 12.3. The van der Waals surface area contributed by atoms with Crippen LogP contribution in [0.4, 0.5) is 17.1 Å². The number of hydrogen-bond donors (Lipinski definition) is 0. The molecule has 1 atom stereocenters. The molecular weight excluding hydrogens is 695 g/mol. The molecule has 1 aromatic heterocycles. The molecule has 1 heterocycles. The van der Waals surface area contributed by atoms with Crippen molar-refractivity contribution >= 4 is 54.1 Å². The summed E-state index contributed by atoms with van der Waals surface area (Å²) in [5.41, 5.74) is 18.5. The minimum absolute atomic E-state index is 0.0486. The van der Waals surface area contributed by atoms with Crippen LogP contribution in [0, 0.1) is 0 Å². The van der Waals surface area contributed by atoms with Gasteiger partial charge < -0.3 is 4.90 Å². The Balaban J connectivity index is 1.16. The fourth-order valence-electron chi connectivity index (χ4n) is 10.3. The summed E-state index contributed by atoms with van der Waals surface area (Å²) in [4.78, 5) is 2.57. The van der Waals surface area contributed by atoms with Gasteiger partial charge in [-0.05, 0) is 105 Å². The lowest BCUT2D eigenvalue weighted by Gasteiger charge is -2.34. The van der Waals surface area contributed by atoms with Crippen molar-refractivity contribution in [1.82, 2.24) is 0 Å². The van der Waals surface area contributed by atoms with E-state index in [-0.39, 0.29) is 16.7 Å². The van der Waals surface area contributed by atoms with Crippen LogP contribution in [0.5, 0.6) is 0 Å². The number of allylic oxidation sites excluding steroid dienone is 4. The molecule has 56 heavy (non-hydrogen) atoms. The topological polar surface area (TPSA) is 3.24 Å². The van der Waals surface area contributed by atoms with E-state index in [9.17, 15) is 0 Å². The van der Waals surface area contributed by atoms with Crippen LogP contribution < -0.4 is 4.90 Å². The van der Waals surface area contributed by atoms with E-state index >= 15 is 0 Å². The van der Waals surface area contributed by atoms with Gasteiger partial charge in [0.15, 0.2) is 0 Å². The number of hydrogen-bond acceptors (Lipinski definition) is 2. The lowest BCUT2D eigenvalue weighted by molar-refractivity contribution is 0.649. The van der Waals surface area contributed by atoms with Crippen molar-refractivity contribution in [2.45, 2.75) is 50.9 Å². The molecule has 0 bridgehead atoms.